The lowest BCUT2D eigenvalue weighted by molar-refractivity contribution is -0.137. The molecular formula is C15H28N2O. The fraction of sp³-hybridized carbons (Fsp3) is 0.933. The molecule has 3 heteroatoms. The van der Waals surface area contributed by atoms with E-state index in [4.69, 9.17) is 5.73 Å². The van der Waals surface area contributed by atoms with Crippen molar-refractivity contribution < 1.29 is 4.79 Å². The summed E-state index contributed by atoms with van der Waals surface area (Å²) < 4.78 is 0. The zero-order valence-electron chi connectivity index (χ0n) is 11.8. The van der Waals surface area contributed by atoms with Gasteiger partial charge in [-0.3, -0.25) is 4.79 Å². The van der Waals surface area contributed by atoms with Crippen LogP contribution in [0.5, 0.6) is 0 Å². The Hall–Kier alpha value is -0.570. The van der Waals surface area contributed by atoms with E-state index in [1.54, 1.807) is 0 Å². The predicted octanol–water partition coefficient (Wildman–Crippen LogP) is 2.54. The number of hydrogen-bond acceptors (Lipinski definition) is 2. The minimum absolute atomic E-state index is 0.158. The molecular weight excluding hydrogens is 224 g/mol. The molecule has 1 saturated heterocycles. The minimum Gasteiger partial charge on any atom is -0.342 e. The molecule has 0 aromatic carbocycles. The van der Waals surface area contributed by atoms with Crippen molar-refractivity contribution in [3.05, 3.63) is 0 Å². The summed E-state index contributed by atoms with van der Waals surface area (Å²) in [5.41, 5.74) is 6.12. The van der Waals surface area contributed by atoms with Gasteiger partial charge in [-0.1, -0.05) is 19.8 Å². The SMILES string of the molecule is CC(CCCN)C(=O)N1CCC2(CCCC2)CC1. The molecule has 0 radical (unpaired) electrons. The molecule has 3 nitrogen and oxygen atoms in total. The van der Waals surface area contributed by atoms with Crippen molar-refractivity contribution in [2.75, 3.05) is 19.6 Å². The van der Waals surface area contributed by atoms with Gasteiger partial charge in [0.15, 0.2) is 0 Å². The first kappa shape index (κ1) is 13.9. The molecule has 1 heterocycles. The average Bonchev–Trinajstić information content (AvgIpc) is 2.84. The number of likely N-dealkylation sites (tertiary alicyclic amines) is 1. The van der Waals surface area contributed by atoms with Crippen LogP contribution in [0.4, 0.5) is 0 Å². The van der Waals surface area contributed by atoms with Crippen LogP contribution in [0.2, 0.25) is 0 Å². The van der Waals surface area contributed by atoms with E-state index in [0.717, 1.165) is 25.9 Å². The largest absolute Gasteiger partial charge is 0.342 e. The van der Waals surface area contributed by atoms with Gasteiger partial charge < -0.3 is 10.6 Å². The van der Waals surface area contributed by atoms with Crippen LogP contribution in [-0.4, -0.2) is 30.4 Å². The van der Waals surface area contributed by atoms with Gasteiger partial charge in [0, 0.05) is 19.0 Å². The zero-order valence-corrected chi connectivity index (χ0v) is 11.8. The van der Waals surface area contributed by atoms with Gasteiger partial charge in [0.25, 0.3) is 0 Å². The molecule has 0 aromatic rings. The Balaban J connectivity index is 1.79. The summed E-state index contributed by atoms with van der Waals surface area (Å²) in [6, 6.07) is 0. The Bertz CT molecular complexity index is 274. The predicted molar refractivity (Wildman–Crippen MR) is 74.2 cm³/mol. The summed E-state index contributed by atoms with van der Waals surface area (Å²) >= 11 is 0. The van der Waals surface area contributed by atoms with Crippen LogP contribution in [0, 0.1) is 11.3 Å². The second-order valence-electron chi connectivity index (χ2n) is 6.36. The second-order valence-corrected chi connectivity index (χ2v) is 6.36. The zero-order chi connectivity index (χ0) is 13.0. The van der Waals surface area contributed by atoms with Crippen molar-refractivity contribution in [3.8, 4) is 0 Å². The molecule has 1 saturated carbocycles. The first-order valence-electron chi connectivity index (χ1n) is 7.66. The summed E-state index contributed by atoms with van der Waals surface area (Å²) in [5, 5.41) is 0. The molecule has 2 rings (SSSR count). The van der Waals surface area contributed by atoms with Gasteiger partial charge in [-0.25, -0.2) is 0 Å². The molecule has 1 spiro atoms. The van der Waals surface area contributed by atoms with Crippen LogP contribution in [0.25, 0.3) is 0 Å². The Kier molecular flexibility index (Phi) is 4.66. The molecule has 104 valence electrons. The van der Waals surface area contributed by atoms with Crippen molar-refractivity contribution in [1.29, 1.82) is 0 Å². The highest BCUT2D eigenvalue weighted by Crippen LogP contribution is 2.46. The summed E-state index contributed by atoms with van der Waals surface area (Å²) in [5.74, 6) is 0.516. The summed E-state index contributed by atoms with van der Waals surface area (Å²) in [6.07, 6.45) is 9.99. The number of carbonyl (C=O) groups is 1. The number of hydrogen-bond donors (Lipinski definition) is 1. The highest BCUT2D eigenvalue weighted by Gasteiger charge is 2.38. The van der Waals surface area contributed by atoms with Gasteiger partial charge >= 0.3 is 0 Å². The molecule has 1 amide bonds. The fourth-order valence-corrected chi connectivity index (χ4v) is 3.69. The van der Waals surface area contributed by atoms with Crippen LogP contribution in [0.15, 0.2) is 0 Å². The first-order valence-corrected chi connectivity index (χ1v) is 7.66. The standard InChI is InChI=1S/C15H28N2O/c1-13(5-4-10-16)14(18)17-11-8-15(9-12-17)6-2-3-7-15/h13H,2-12,16H2,1H3. The molecule has 0 aromatic heterocycles. The van der Waals surface area contributed by atoms with Gasteiger partial charge in [0.05, 0.1) is 0 Å². The van der Waals surface area contributed by atoms with E-state index in [9.17, 15) is 4.79 Å². The normalized spacial score (nSPS) is 24.4. The molecule has 2 N–H and O–H groups in total. The molecule has 18 heavy (non-hydrogen) atoms. The third-order valence-electron chi connectivity index (χ3n) is 5.06. The third kappa shape index (κ3) is 3.05. The lowest BCUT2D eigenvalue weighted by Crippen LogP contribution is -2.44. The molecule has 1 atom stereocenters. The van der Waals surface area contributed by atoms with E-state index in [1.807, 2.05) is 0 Å². The lowest BCUT2D eigenvalue weighted by atomic mass is 9.77. The van der Waals surface area contributed by atoms with E-state index in [0.29, 0.717) is 17.9 Å². The Morgan fingerprint density at radius 1 is 1.22 bits per heavy atom. The monoisotopic (exact) mass is 252 g/mol. The maximum Gasteiger partial charge on any atom is 0.225 e. The van der Waals surface area contributed by atoms with Gasteiger partial charge in [-0.2, -0.15) is 0 Å². The Morgan fingerprint density at radius 2 is 1.83 bits per heavy atom. The molecule has 1 aliphatic heterocycles. The van der Waals surface area contributed by atoms with Crippen LogP contribution in [0.3, 0.4) is 0 Å². The van der Waals surface area contributed by atoms with Crippen LogP contribution < -0.4 is 5.73 Å². The average molecular weight is 252 g/mol. The highest BCUT2D eigenvalue weighted by molar-refractivity contribution is 5.78. The van der Waals surface area contributed by atoms with Crippen LogP contribution in [-0.2, 0) is 4.79 Å². The van der Waals surface area contributed by atoms with E-state index in [2.05, 4.69) is 11.8 Å². The number of carbonyl (C=O) groups excluding carboxylic acids is 1. The molecule has 2 aliphatic rings. The maximum atomic E-state index is 12.3. The summed E-state index contributed by atoms with van der Waals surface area (Å²) in [7, 11) is 0. The van der Waals surface area contributed by atoms with Crippen molar-refractivity contribution in [3.63, 3.8) is 0 Å². The number of rotatable bonds is 4. The minimum atomic E-state index is 0.158. The second kappa shape index (κ2) is 6.05. The number of nitrogens with two attached hydrogens (primary N) is 1. The van der Waals surface area contributed by atoms with E-state index >= 15 is 0 Å². The topological polar surface area (TPSA) is 46.3 Å². The molecule has 1 aliphatic carbocycles. The van der Waals surface area contributed by atoms with Gasteiger partial charge in [0.1, 0.15) is 0 Å². The Morgan fingerprint density at radius 3 is 2.39 bits per heavy atom. The van der Waals surface area contributed by atoms with E-state index in [-0.39, 0.29) is 5.92 Å². The summed E-state index contributed by atoms with van der Waals surface area (Å²) in [4.78, 5) is 14.4. The summed E-state index contributed by atoms with van der Waals surface area (Å²) in [6.45, 7) is 4.73. The van der Waals surface area contributed by atoms with Crippen molar-refractivity contribution in [2.24, 2.45) is 17.1 Å². The molecule has 1 unspecified atom stereocenters. The Labute approximate surface area is 111 Å². The van der Waals surface area contributed by atoms with Gasteiger partial charge in [-0.15, -0.1) is 0 Å². The van der Waals surface area contributed by atoms with Crippen molar-refractivity contribution in [2.45, 2.75) is 58.3 Å². The van der Waals surface area contributed by atoms with E-state index in [1.165, 1.54) is 38.5 Å². The number of nitrogens with zero attached hydrogens (tertiary/aromatic N) is 1. The molecule has 2 fully saturated rings. The number of piperidine rings is 1. The van der Waals surface area contributed by atoms with Gasteiger partial charge in [0.2, 0.25) is 5.91 Å². The van der Waals surface area contributed by atoms with E-state index < -0.39 is 0 Å². The highest BCUT2D eigenvalue weighted by atomic mass is 16.2. The first-order chi connectivity index (χ1) is 8.67. The van der Waals surface area contributed by atoms with Crippen molar-refractivity contribution in [1.82, 2.24) is 4.90 Å². The fourth-order valence-electron chi connectivity index (χ4n) is 3.69. The maximum absolute atomic E-state index is 12.3. The third-order valence-corrected chi connectivity index (χ3v) is 5.06. The quantitative estimate of drug-likeness (QED) is 0.836. The smallest absolute Gasteiger partial charge is 0.225 e. The molecule has 0 bridgehead atoms. The lowest BCUT2D eigenvalue weighted by Gasteiger charge is -2.40. The van der Waals surface area contributed by atoms with Crippen LogP contribution >= 0.6 is 0 Å². The van der Waals surface area contributed by atoms with Gasteiger partial charge in [-0.05, 0) is 50.5 Å². The van der Waals surface area contributed by atoms with Crippen LogP contribution in [0.1, 0.15) is 58.3 Å². The number of amides is 1. The van der Waals surface area contributed by atoms with Crippen molar-refractivity contribution >= 4 is 5.91 Å².